The van der Waals surface area contributed by atoms with Gasteiger partial charge in [0.05, 0.1) is 31.4 Å². The van der Waals surface area contributed by atoms with Gasteiger partial charge in [-0.05, 0) is 6.42 Å². The molecule has 3 saturated heterocycles. The zero-order valence-electron chi connectivity index (χ0n) is 24.3. The molecule has 4 fully saturated rings. The van der Waals surface area contributed by atoms with Crippen molar-refractivity contribution in [2.24, 2.45) is 28.7 Å². The van der Waals surface area contributed by atoms with Gasteiger partial charge in [0, 0.05) is 18.6 Å². The monoisotopic (exact) mass is 695 g/mol. The molecule has 1 aliphatic carbocycles. The Bertz CT molecular complexity index is 1100. The number of hydrogen-bond donors (Lipinski definition) is 13. The molecule has 19 atom stereocenters. The molecule has 22 nitrogen and oxygen atoms in total. The van der Waals surface area contributed by atoms with Crippen LogP contribution >= 0.6 is 0 Å². The van der Waals surface area contributed by atoms with Gasteiger partial charge in [0.2, 0.25) is 0 Å². The third-order valence-corrected chi connectivity index (χ3v) is 8.95. The fourth-order valence-electron chi connectivity index (χ4n) is 5.84. The molecule has 0 aromatic carbocycles. The predicted molar refractivity (Wildman–Crippen MR) is 147 cm³/mol. The van der Waals surface area contributed by atoms with Crippen molar-refractivity contribution < 1.29 is 81.3 Å². The fourth-order valence-corrected chi connectivity index (χ4v) is 6.15. The number of nitrogens with two attached hydrogens (primary N) is 5. The maximum Gasteiger partial charge on any atom is 0.397 e. The second-order valence-corrected chi connectivity index (χ2v) is 12.8. The Kier molecular flexibility index (Phi) is 12.7. The van der Waals surface area contributed by atoms with Crippen LogP contribution in [-0.2, 0) is 43.0 Å². The summed E-state index contributed by atoms with van der Waals surface area (Å²) in [6.45, 7) is -1.91. The Morgan fingerprint density at radius 3 is 1.67 bits per heavy atom. The first-order chi connectivity index (χ1) is 21.5. The molecule has 0 bridgehead atoms. The lowest BCUT2D eigenvalue weighted by Crippen LogP contribution is -2.68. The lowest BCUT2D eigenvalue weighted by atomic mass is 9.84. The molecule has 0 amide bonds. The minimum Gasteiger partial charge on any atom is -0.394 e. The summed E-state index contributed by atoms with van der Waals surface area (Å²) in [5.74, 6) is 0. The van der Waals surface area contributed by atoms with E-state index in [-0.39, 0.29) is 13.0 Å². The smallest absolute Gasteiger partial charge is 0.394 e. The zero-order valence-corrected chi connectivity index (χ0v) is 25.2. The highest BCUT2D eigenvalue weighted by atomic mass is 32.3. The van der Waals surface area contributed by atoms with Gasteiger partial charge in [0.25, 0.3) is 0 Å². The molecule has 4 rings (SSSR count). The average Bonchev–Trinajstić information content (AvgIpc) is 3.29. The van der Waals surface area contributed by atoms with Crippen molar-refractivity contribution in [2.75, 3.05) is 19.8 Å². The van der Waals surface area contributed by atoms with E-state index < -0.39 is 140 Å². The Hall–Kier alpha value is -0.850. The summed E-state index contributed by atoms with van der Waals surface area (Å²) in [6, 6.07) is -4.71. The normalized spacial score (nSPS) is 50.5. The topological polar surface area (TPSA) is 391 Å². The first-order valence-corrected chi connectivity index (χ1v) is 15.8. The highest BCUT2D eigenvalue weighted by Gasteiger charge is 2.54. The van der Waals surface area contributed by atoms with E-state index >= 15 is 0 Å². The molecule has 0 radical (unpaired) electrons. The molecule has 3 heterocycles. The van der Waals surface area contributed by atoms with Gasteiger partial charge in [-0.15, -0.1) is 0 Å². The molecule has 270 valence electrons. The van der Waals surface area contributed by atoms with Crippen molar-refractivity contribution in [1.29, 1.82) is 0 Å². The molecule has 3 aliphatic heterocycles. The molecular formula is C23H45N5O17S. The van der Waals surface area contributed by atoms with E-state index in [9.17, 15) is 44.2 Å². The molecule has 4 aliphatic rings. The summed E-state index contributed by atoms with van der Waals surface area (Å²) in [4.78, 5) is 0. The first-order valence-electron chi connectivity index (χ1n) is 14.4. The van der Waals surface area contributed by atoms with Gasteiger partial charge in [-0.3, -0.25) is 4.55 Å². The quantitative estimate of drug-likeness (QED) is 0.0892. The summed E-state index contributed by atoms with van der Waals surface area (Å²) in [5.41, 5.74) is 29.9. The van der Waals surface area contributed by atoms with Crippen LogP contribution < -0.4 is 28.7 Å². The lowest BCUT2D eigenvalue weighted by Gasteiger charge is -2.47. The van der Waals surface area contributed by atoms with Crippen LogP contribution in [0.1, 0.15) is 6.42 Å². The molecule has 23 heteroatoms. The molecule has 18 N–H and O–H groups in total. The molecule has 1 saturated carbocycles. The van der Waals surface area contributed by atoms with Gasteiger partial charge in [0.15, 0.2) is 18.9 Å². The number of hydrogen-bond acceptors (Lipinski definition) is 21. The average molecular weight is 696 g/mol. The number of aliphatic hydroxyl groups is 7. The Morgan fingerprint density at radius 2 is 1.13 bits per heavy atom. The SMILES string of the molecule is NC[C@@H]1O[C@H](O[C@H]2[C@@H](O)[C@H](O[C@@H]3[C@@H](O)[C@H](N)C[C@H](N)[C@H]3O[C@H]3O[C@H](CO)[C@@H](O)[C@H](O)[C@H]3N)O[C@@H]2COS(=O)(=O)O)[C@H](N)[C@@H](O)[C@@H]1O. The third kappa shape index (κ3) is 8.12. The van der Waals surface area contributed by atoms with Crippen LogP contribution in [0.2, 0.25) is 0 Å². The van der Waals surface area contributed by atoms with Crippen molar-refractivity contribution in [3.8, 4) is 0 Å². The van der Waals surface area contributed by atoms with Crippen molar-refractivity contribution in [1.82, 2.24) is 0 Å². The largest absolute Gasteiger partial charge is 0.397 e. The van der Waals surface area contributed by atoms with Gasteiger partial charge in [-0.1, -0.05) is 0 Å². The summed E-state index contributed by atoms with van der Waals surface area (Å²) in [7, 11) is -5.02. The Morgan fingerprint density at radius 1 is 0.630 bits per heavy atom. The van der Waals surface area contributed by atoms with Gasteiger partial charge < -0.3 is 92.8 Å². The van der Waals surface area contributed by atoms with E-state index in [4.69, 9.17) is 61.6 Å². The van der Waals surface area contributed by atoms with Crippen molar-refractivity contribution in [2.45, 2.75) is 123 Å². The number of aliphatic hydroxyl groups excluding tert-OH is 7. The highest BCUT2D eigenvalue weighted by Crippen LogP contribution is 2.34. The van der Waals surface area contributed by atoms with Crippen LogP contribution in [0.5, 0.6) is 0 Å². The van der Waals surface area contributed by atoms with Gasteiger partial charge >= 0.3 is 10.4 Å². The predicted octanol–water partition coefficient (Wildman–Crippen LogP) is -9.03. The Labute approximate surface area is 263 Å². The summed E-state index contributed by atoms with van der Waals surface area (Å²) >= 11 is 0. The molecule has 0 aromatic heterocycles. The van der Waals surface area contributed by atoms with E-state index in [1.54, 1.807) is 0 Å². The summed E-state index contributed by atoms with van der Waals surface area (Å²) in [6.07, 6.45) is -22.8. The van der Waals surface area contributed by atoms with Crippen molar-refractivity contribution >= 4 is 10.4 Å². The van der Waals surface area contributed by atoms with Crippen LogP contribution in [0, 0.1) is 0 Å². The van der Waals surface area contributed by atoms with Crippen molar-refractivity contribution in [3.63, 3.8) is 0 Å². The van der Waals surface area contributed by atoms with E-state index in [1.807, 2.05) is 0 Å². The Balaban J connectivity index is 1.56. The van der Waals surface area contributed by atoms with Gasteiger partial charge in [-0.2, -0.15) is 8.42 Å². The molecule has 0 unspecified atom stereocenters. The van der Waals surface area contributed by atoms with E-state index in [2.05, 4.69) is 4.18 Å². The molecule has 0 spiro atoms. The highest BCUT2D eigenvalue weighted by molar-refractivity contribution is 7.80. The van der Waals surface area contributed by atoms with E-state index in [1.165, 1.54) is 0 Å². The zero-order chi connectivity index (χ0) is 34.2. The van der Waals surface area contributed by atoms with Gasteiger partial charge in [0.1, 0.15) is 67.1 Å². The standard InChI is InChI=1S/C23H45N5O17S/c24-2-7-13(31)15(33)10(27)21(40-7)44-19-9(4-39-46(36,37)38)42-23(17(19)35)45-20-12(30)5(25)1-6(26)18(20)43-22-11(28)16(34)14(32)8(3-29)41-22/h5-23,29-35H,1-4,24-28H2,(H,36,37,38)/t5-,6+,7+,8-,9-,10-,11-,12+,13-,14-,15-,16-,17-,18-,19-,20-,21-,22-,23+/m1/s1. The second kappa shape index (κ2) is 15.4. The van der Waals surface area contributed by atoms with Crippen LogP contribution in [0.15, 0.2) is 0 Å². The minimum atomic E-state index is -5.02. The molecule has 46 heavy (non-hydrogen) atoms. The van der Waals surface area contributed by atoms with E-state index in [0.717, 1.165) is 0 Å². The van der Waals surface area contributed by atoms with Crippen LogP contribution in [0.3, 0.4) is 0 Å². The lowest BCUT2D eigenvalue weighted by molar-refractivity contribution is -0.310. The number of rotatable bonds is 11. The fraction of sp³-hybridized carbons (Fsp3) is 1.00. The third-order valence-electron chi connectivity index (χ3n) is 8.52. The van der Waals surface area contributed by atoms with E-state index in [0.29, 0.717) is 0 Å². The first kappa shape index (κ1) is 38.0. The summed E-state index contributed by atoms with van der Waals surface area (Å²) < 4.78 is 70.5. The van der Waals surface area contributed by atoms with Crippen LogP contribution in [0.25, 0.3) is 0 Å². The molecule has 0 aromatic rings. The van der Waals surface area contributed by atoms with Gasteiger partial charge in [-0.25, -0.2) is 4.18 Å². The maximum atomic E-state index is 11.3. The minimum absolute atomic E-state index is 0.0136. The van der Waals surface area contributed by atoms with Crippen molar-refractivity contribution in [3.05, 3.63) is 0 Å². The molecular weight excluding hydrogens is 650 g/mol. The second-order valence-electron chi connectivity index (χ2n) is 11.7. The maximum absolute atomic E-state index is 11.3. The number of ether oxygens (including phenoxy) is 6. The summed E-state index contributed by atoms with van der Waals surface area (Å²) in [5, 5.41) is 72.8. The van der Waals surface area contributed by atoms with Crippen LogP contribution in [-0.4, -0.2) is 185 Å². The van der Waals surface area contributed by atoms with Crippen LogP contribution in [0.4, 0.5) is 0 Å².